The summed E-state index contributed by atoms with van der Waals surface area (Å²) in [7, 11) is 0. The number of benzene rings is 1. The Morgan fingerprint density at radius 3 is 2.55 bits per heavy atom. The van der Waals surface area contributed by atoms with Crippen LogP contribution in [-0.2, 0) is 5.41 Å². The minimum Gasteiger partial charge on any atom is -0.437 e. The first-order chi connectivity index (χ1) is 9.29. The molecule has 1 aromatic carbocycles. The monoisotopic (exact) mass is 335 g/mol. The van der Waals surface area contributed by atoms with E-state index in [-0.39, 0.29) is 5.41 Å². The Hall–Kier alpha value is -1.62. The second kappa shape index (κ2) is 5.40. The Kier molecular flexibility index (Phi) is 3.99. The first kappa shape index (κ1) is 14.8. The summed E-state index contributed by atoms with van der Waals surface area (Å²) < 4.78 is 6.49. The smallest absolute Gasteiger partial charge is 0.238 e. The van der Waals surface area contributed by atoms with E-state index in [1.165, 1.54) is 11.9 Å². The lowest BCUT2D eigenvalue weighted by atomic mass is 9.85. The second-order valence-electron chi connectivity index (χ2n) is 5.73. The minimum atomic E-state index is -0.0214. The highest BCUT2D eigenvalue weighted by atomic mass is 79.9. The third-order valence-electron chi connectivity index (χ3n) is 2.93. The van der Waals surface area contributed by atoms with Crippen LogP contribution in [0.4, 0.5) is 5.82 Å². The molecule has 4 nitrogen and oxygen atoms in total. The Morgan fingerprint density at radius 1 is 1.20 bits per heavy atom. The molecule has 1 aromatic heterocycles. The molecule has 2 N–H and O–H groups in total. The molecule has 2 aromatic rings. The fourth-order valence-corrected chi connectivity index (χ4v) is 2.15. The fraction of sp³-hybridized carbons (Fsp3) is 0.333. The van der Waals surface area contributed by atoms with Gasteiger partial charge in [-0.2, -0.15) is 0 Å². The molecule has 0 aliphatic carbocycles. The Balaban J connectivity index is 2.46. The van der Waals surface area contributed by atoms with E-state index in [1.807, 2.05) is 12.1 Å². The number of nitrogen functional groups attached to an aromatic ring is 1. The molecule has 0 saturated heterocycles. The van der Waals surface area contributed by atoms with Gasteiger partial charge in [0.15, 0.2) is 0 Å². The van der Waals surface area contributed by atoms with Gasteiger partial charge in [-0.1, -0.05) is 38.5 Å². The van der Waals surface area contributed by atoms with Crippen LogP contribution in [0.15, 0.2) is 29.0 Å². The number of nitrogens with zero attached hydrogens (tertiary/aromatic N) is 2. The Bertz CT molecular complexity index is 636. The molecule has 1 heterocycles. The van der Waals surface area contributed by atoms with Crippen LogP contribution in [0.3, 0.4) is 0 Å². The zero-order valence-electron chi connectivity index (χ0n) is 12.1. The van der Waals surface area contributed by atoms with Gasteiger partial charge in [-0.05, 0) is 34.3 Å². The van der Waals surface area contributed by atoms with Gasteiger partial charge in [0.2, 0.25) is 5.88 Å². The molecule has 0 aliphatic rings. The van der Waals surface area contributed by atoms with Crippen LogP contribution in [0.25, 0.3) is 0 Å². The Labute approximate surface area is 127 Å². The largest absolute Gasteiger partial charge is 0.437 e. The van der Waals surface area contributed by atoms with Gasteiger partial charge in [-0.3, -0.25) is 0 Å². The highest BCUT2D eigenvalue weighted by Crippen LogP contribution is 2.37. The van der Waals surface area contributed by atoms with E-state index in [4.69, 9.17) is 10.5 Å². The van der Waals surface area contributed by atoms with E-state index in [9.17, 15) is 0 Å². The third-order valence-corrected chi connectivity index (χ3v) is 3.68. The van der Waals surface area contributed by atoms with Gasteiger partial charge < -0.3 is 10.5 Å². The van der Waals surface area contributed by atoms with Crippen molar-refractivity contribution in [3.63, 3.8) is 0 Å². The molecule has 0 amide bonds. The molecule has 20 heavy (non-hydrogen) atoms. The van der Waals surface area contributed by atoms with Crippen LogP contribution in [0.5, 0.6) is 11.6 Å². The van der Waals surface area contributed by atoms with Gasteiger partial charge in [0.05, 0.1) is 0 Å². The van der Waals surface area contributed by atoms with E-state index < -0.39 is 0 Å². The summed E-state index contributed by atoms with van der Waals surface area (Å²) in [5.41, 5.74) is 8.05. The highest BCUT2D eigenvalue weighted by molar-refractivity contribution is 9.10. The molecule has 0 radical (unpaired) electrons. The molecule has 0 bridgehead atoms. The topological polar surface area (TPSA) is 61.0 Å². The summed E-state index contributed by atoms with van der Waals surface area (Å²) in [6.07, 6.45) is 1.39. The van der Waals surface area contributed by atoms with Crippen molar-refractivity contribution < 1.29 is 4.74 Å². The van der Waals surface area contributed by atoms with Crippen LogP contribution >= 0.6 is 15.9 Å². The molecular weight excluding hydrogens is 318 g/mol. The van der Waals surface area contributed by atoms with Gasteiger partial charge in [0.25, 0.3) is 0 Å². The van der Waals surface area contributed by atoms with E-state index in [1.54, 1.807) is 0 Å². The van der Waals surface area contributed by atoms with Crippen molar-refractivity contribution in [2.24, 2.45) is 0 Å². The SMILES string of the molecule is Cc1ccc(Oc2ncnc(N)c2Br)c(C(C)(C)C)c1. The Morgan fingerprint density at radius 2 is 1.90 bits per heavy atom. The van der Waals surface area contributed by atoms with Gasteiger partial charge in [0.1, 0.15) is 22.4 Å². The van der Waals surface area contributed by atoms with Crippen molar-refractivity contribution in [2.45, 2.75) is 33.1 Å². The second-order valence-corrected chi connectivity index (χ2v) is 6.52. The molecule has 2 rings (SSSR count). The van der Waals surface area contributed by atoms with E-state index in [0.717, 1.165) is 11.3 Å². The van der Waals surface area contributed by atoms with E-state index >= 15 is 0 Å². The predicted octanol–water partition coefficient (Wildman–Crippen LogP) is 4.22. The minimum absolute atomic E-state index is 0.0214. The number of aromatic nitrogens is 2. The fourth-order valence-electron chi connectivity index (χ4n) is 1.86. The number of aryl methyl sites for hydroxylation is 1. The lowest BCUT2D eigenvalue weighted by molar-refractivity contribution is 0.436. The molecule has 0 fully saturated rings. The summed E-state index contributed by atoms with van der Waals surface area (Å²) in [4.78, 5) is 8.03. The summed E-state index contributed by atoms with van der Waals surface area (Å²) in [5.74, 6) is 1.56. The maximum absolute atomic E-state index is 5.92. The highest BCUT2D eigenvalue weighted by Gasteiger charge is 2.20. The normalized spacial score (nSPS) is 11.4. The number of nitrogens with two attached hydrogens (primary N) is 1. The lowest BCUT2D eigenvalue weighted by Gasteiger charge is -2.23. The summed E-state index contributed by atoms with van der Waals surface area (Å²) >= 11 is 3.35. The molecular formula is C15H18BrN3O. The van der Waals surface area contributed by atoms with E-state index in [0.29, 0.717) is 16.2 Å². The zero-order valence-corrected chi connectivity index (χ0v) is 13.7. The number of halogens is 1. The van der Waals surface area contributed by atoms with Crippen molar-refractivity contribution in [3.8, 4) is 11.6 Å². The van der Waals surface area contributed by atoms with Crippen LogP contribution in [0.2, 0.25) is 0 Å². The van der Waals surface area contributed by atoms with Crippen molar-refractivity contribution in [1.29, 1.82) is 0 Å². The molecule has 0 atom stereocenters. The number of hydrogen-bond acceptors (Lipinski definition) is 4. The van der Waals surface area contributed by atoms with Crippen molar-refractivity contribution in [2.75, 3.05) is 5.73 Å². The van der Waals surface area contributed by atoms with Crippen LogP contribution in [-0.4, -0.2) is 9.97 Å². The first-order valence-electron chi connectivity index (χ1n) is 6.34. The first-order valence-corrected chi connectivity index (χ1v) is 7.13. The quantitative estimate of drug-likeness (QED) is 0.892. The molecule has 0 unspecified atom stereocenters. The molecule has 5 heteroatoms. The van der Waals surface area contributed by atoms with Crippen LogP contribution in [0.1, 0.15) is 31.9 Å². The summed E-state index contributed by atoms with van der Waals surface area (Å²) in [6.45, 7) is 8.52. The van der Waals surface area contributed by atoms with Gasteiger partial charge in [0, 0.05) is 5.56 Å². The number of rotatable bonds is 2. The lowest BCUT2D eigenvalue weighted by Crippen LogP contribution is -2.13. The maximum Gasteiger partial charge on any atom is 0.238 e. The van der Waals surface area contributed by atoms with Crippen LogP contribution < -0.4 is 10.5 Å². The molecule has 0 spiro atoms. The maximum atomic E-state index is 5.92. The third kappa shape index (κ3) is 3.10. The van der Waals surface area contributed by atoms with Crippen LogP contribution in [0, 0.1) is 6.92 Å². The molecule has 106 valence electrons. The predicted molar refractivity (Wildman–Crippen MR) is 84.1 cm³/mol. The molecule has 0 aliphatic heterocycles. The number of anilines is 1. The number of hydrogen-bond donors (Lipinski definition) is 1. The van der Waals surface area contributed by atoms with Crippen molar-refractivity contribution >= 4 is 21.7 Å². The average Bonchev–Trinajstić information content (AvgIpc) is 2.36. The number of ether oxygens (including phenoxy) is 1. The zero-order chi connectivity index (χ0) is 14.9. The van der Waals surface area contributed by atoms with Gasteiger partial charge in [-0.25, -0.2) is 9.97 Å². The average molecular weight is 336 g/mol. The van der Waals surface area contributed by atoms with Crippen molar-refractivity contribution in [1.82, 2.24) is 9.97 Å². The standard InChI is InChI=1S/C15H18BrN3O/c1-9-5-6-11(10(7-9)15(2,3)4)20-14-12(16)13(17)18-8-19-14/h5-8H,1-4H3,(H2,17,18,19). The van der Waals surface area contributed by atoms with Crippen molar-refractivity contribution in [3.05, 3.63) is 40.1 Å². The van der Waals surface area contributed by atoms with Gasteiger partial charge in [-0.15, -0.1) is 0 Å². The van der Waals surface area contributed by atoms with E-state index in [2.05, 4.69) is 59.7 Å². The molecule has 0 saturated carbocycles. The summed E-state index contributed by atoms with van der Waals surface area (Å²) in [5, 5.41) is 0. The summed E-state index contributed by atoms with van der Waals surface area (Å²) in [6, 6.07) is 6.11. The van der Waals surface area contributed by atoms with Gasteiger partial charge >= 0.3 is 0 Å².